The maximum absolute atomic E-state index is 11.5. The van der Waals surface area contributed by atoms with Gasteiger partial charge >= 0.3 is 5.97 Å². The molecule has 0 radical (unpaired) electrons. The normalized spacial score (nSPS) is 12.1. The number of carbonyl (C=O) groups is 2. The average molecular weight is 369 g/mol. The molecule has 6 nitrogen and oxygen atoms in total. The van der Waals surface area contributed by atoms with Crippen molar-refractivity contribution in [2.24, 2.45) is 0 Å². The molecule has 0 aliphatic rings. The fourth-order valence-electron chi connectivity index (χ4n) is 1.30. The summed E-state index contributed by atoms with van der Waals surface area (Å²) in [6.07, 6.45) is 1.39. The maximum Gasteiger partial charge on any atom is 0.375 e. The number of aromatic nitrogens is 2. The third-order valence-corrected chi connectivity index (χ3v) is 5.32. The summed E-state index contributed by atoms with van der Waals surface area (Å²) in [6.45, 7) is 2.14. The molecule has 0 fully saturated rings. The Morgan fingerprint density at radius 1 is 1.57 bits per heavy atom. The van der Waals surface area contributed by atoms with Gasteiger partial charge in [0.2, 0.25) is 5.78 Å². The molecule has 0 saturated carbocycles. The summed E-state index contributed by atoms with van der Waals surface area (Å²) >= 11 is 9.09. The van der Waals surface area contributed by atoms with E-state index < -0.39 is 17.9 Å². The van der Waals surface area contributed by atoms with Crippen molar-refractivity contribution in [1.29, 1.82) is 0 Å². The molecule has 0 saturated heterocycles. The first-order chi connectivity index (χ1) is 9.97. The molecule has 0 bridgehead atoms. The minimum absolute atomic E-state index is 0.0332. The van der Waals surface area contributed by atoms with Crippen LogP contribution in [0.3, 0.4) is 0 Å². The van der Waals surface area contributed by atoms with Crippen molar-refractivity contribution in [3.63, 3.8) is 0 Å². The van der Waals surface area contributed by atoms with Gasteiger partial charge in [0.25, 0.3) is 0 Å². The van der Waals surface area contributed by atoms with Crippen LogP contribution >= 0.6 is 47.1 Å². The van der Waals surface area contributed by atoms with Crippen LogP contribution in [0.2, 0.25) is 0 Å². The highest BCUT2D eigenvalue weighted by Crippen LogP contribution is 2.22. The second kappa shape index (κ2) is 9.57. The van der Waals surface area contributed by atoms with E-state index >= 15 is 0 Å². The van der Waals surface area contributed by atoms with Gasteiger partial charge in [-0.3, -0.25) is 4.79 Å². The minimum Gasteiger partial charge on any atom is -0.460 e. The number of thioether (sulfide) groups is 2. The molecule has 0 aliphatic heterocycles. The number of aliphatic hydroxyl groups excluding tert-OH is 1. The van der Waals surface area contributed by atoms with Crippen LogP contribution < -0.4 is 0 Å². The Balaban J connectivity index is 2.56. The first kappa shape index (κ1) is 18.6. The molecule has 0 aromatic carbocycles. The summed E-state index contributed by atoms with van der Waals surface area (Å²) < 4.78 is 7.28. The molecule has 10 heteroatoms. The van der Waals surface area contributed by atoms with E-state index in [-0.39, 0.29) is 12.4 Å². The monoisotopic (exact) mass is 368 g/mol. The molecule has 21 heavy (non-hydrogen) atoms. The zero-order chi connectivity index (χ0) is 15.8. The SMILES string of the molecule is CCOC(=O)C(=O)CSc1nn(CC(O)CSC)c(=S)s1. The molecule has 1 aromatic rings. The van der Waals surface area contributed by atoms with Gasteiger partial charge in [-0.05, 0) is 25.4 Å². The second-order valence-corrected chi connectivity index (χ2v) is 7.61. The highest BCUT2D eigenvalue weighted by atomic mass is 32.2. The van der Waals surface area contributed by atoms with Gasteiger partial charge in [-0.2, -0.15) is 16.9 Å². The van der Waals surface area contributed by atoms with Crippen LogP contribution in [0.15, 0.2) is 4.34 Å². The predicted molar refractivity (Wildman–Crippen MR) is 87.7 cm³/mol. The van der Waals surface area contributed by atoms with Crippen molar-refractivity contribution >= 4 is 58.8 Å². The zero-order valence-electron chi connectivity index (χ0n) is 11.6. The van der Waals surface area contributed by atoms with Crippen LogP contribution in [0.25, 0.3) is 0 Å². The average Bonchev–Trinajstić information content (AvgIpc) is 2.77. The highest BCUT2D eigenvalue weighted by molar-refractivity contribution is 8.01. The van der Waals surface area contributed by atoms with Crippen molar-refractivity contribution in [1.82, 2.24) is 9.78 Å². The fourth-order valence-corrected chi connectivity index (χ4v) is 3.99. The smallest absolute Gasteiger partial charge is 0.375 e. The Morgan fingerprint density at radius 3 is 2.90 bits per heavy atom. The molecule has 1 aromatic heterocycles. The van der Waals surface area contributed by atoms with Crippen LogP contribution in [0.4, 0.5) is 0 Å². The quantitative estimate of drug-likeness (QED) is 0.305. The van der Waals surface area contributed by atoms with Crippen molar-refractivity contribution in [2.75, 3.05) is 24.4 Å². The molecular formula is C11H16N2O4S4. The summed E-state index contributed by atoms with van der Waals surface area (Å²) in [5.41, 5.74) is 0. The number of ether oxygens (including phenoxy) is 1. The van der Waals surface area contributed by atoms with Gasteiger partial charge in [-0.25, -0.2) is 9.48 Å². The van der Waals surface area contributed by atoms with Crippen molar-refractivity contribution in [2.45, 2.75) is 23.9 Å². The Labute approximate surface area is 140 Å². The number of rotatable bonds is 9. The summed E-state index contributed by atoms with van der Waals surface area (Å²) in [5, 5.41) is 14.0. The molecule has 0 aliphatic carbocycles. The van der Waals surface area contributed by atoms with E-state index in [2.05, 4.69) is 9.84 Å². The van der Waals surface area contributed by atoms with Crippen LogP contribution in [-0.2, 0) is 20.9 Å². The number of carbonyl (C=O) groups excluding carboxylic acids is 2. The summed E-state index contributed by atoms with van der Waals surface area (Å²) in [7, 11) is 0. The Kier molecular flexibility index (Phi) is 8.49. The summed E-state index contributed by atoms with van der Waals surface area (Å²) in [5.74, 6) is -0.863. The van der Waals surface area contributed by atoms with Crippen molar-refractivity contribution < 1.29 is 19.4 Å². The molecule has 1 N–H and O–H groups in total. The Bertz CT molecular complexity index is 543. The molecule has 1 rings (SSSR count). The van der Waals surface area contributed by atoms with E-state index in [1.807, 2.05) is 6.26 Å². The Hall–Kier alpha value is -0.420. The molecule has 0 amide bonds. The molecule has 118 valence electrons. The lowest BCUT2D eigenvalue weighted by Crippen LogP contribution is -2.20. The van der Waals surface area contributed by atoms with Crippen LogP contribution in [0.5, 0.6) is 0 Å². The predicted octanol–water partition coefficient (Wildman–Crippen LogP) is 1.62. The molecule has 0 spiro atoms. The van der Waals surface area contributed by atoms with E-state index in [0.717, 1.165) is 11.8 Å². The number of esters is 1. The van der Waals surface area contributed by atoms with E-state index in [0.29, 0.717) is 20.6 Å². The minimum atomic E-state index is -0.830. The van der Waals surface area contributed by atoms with Crippen LogP contribution in [0, 0.1) is 3.95 Å². The lowest BCUT2D eigenvalue weighted by Gasteiger charge is -2.07. The van der Waals surface area contributed by atoms with Gasteiger partial charge < -0.3 is 9.84 Å². The van der Waals surface area contributed by atoms with E-state index in [1.54, 1.807) is 18.7 Å². The van der Waals surface area contributed by atoms with E-state index in [9.17, 15) is 14.7 Å². The topological polar surface area (TPSA) is 81.4 Å². The van der Waals surface area contributed by atoms with Gasteiger partial charge in [0.1, 0.15) is 0 Å². The van der Waals surface area contributed by atoms with E-state index in [1.165, 1.54) is 16.0 Å². The largest absolute Gasteiger partial charge is 0.460 e. The van der Waals surface area contributed by atoms with Crippen LogP contribution in [0.1, 0.15) is 6.92 Å². The van der Waals surface area contributed by atoms with Gasteiger partial charge in [0.15, 0.2) is 8.29 Å². The molecule has 1 atom stereocenters. The van der Waals surface area contributed by atoms with Crippen LogP contribution in [-0.4, -0.2) is 57.1 Å². The third-order valence-electron chi connectivity index (χ3n) is 2.16. The lowest BCUT2D eigenvalue weighted by atomic mass is 10.4. The number of aliphatic hydroxyl groups is 1. The van der Waals surface area contributed by atoms with Crippen molar-refractivity contribution in [3.8, 4) is 0 Å². The standard InChI is InChI=1S/C11H16N2O4S4/c1-3-17-9(16)8(15)6-20-10-12-13(11(18)21-10)4-7(14)5-19-2/h7,14H,3-6H2,1-2H3. The summed E-state index contributed by atoms with van der Waals surface area (Å²) in [6, 6.07) is 0. The van der Waals surface area contributed by atoms with Crippen molar-refractivity contribution in [3.05, 3.63) is 3.95 Å². The Morgan fingerprint density at radius 2 is 2.29 bits per heavy atom. The zero-order valence-corrected chi connectivity index (χ0v) is 14.9. The maximum atomic E-state index is 11.5. The lowest BCUT2D eigenvalue weighted by molar-refractivity contribution is -0.152. The first-order valence-electron chi connectivity index (χ1n) is 6.05. The number of ketones is 1. The number of nitrogens with zero attached hydrogens (tertiary/aromatic N) is 2. The van der Waals surface area contributed by atoms with E-state index in [4.69, 9.17) is 12.2 Å². The van der Waals surface area contributed by atoms with Gasteiger partial charge in [0.05, 0.1) is 25.0 Å². The molecule has 1 heterocycles. The summed E-state index contributed by atoms with van der Waals surface area (Å²) in [4.78, 5) is 22.7. The number of hydrogen-bond acceptors (Lipinski definition) is 9. The second-order valence-electron chi connectivity index (χ2n) is 3.86. The molecular weight excluding hydrogens is 352 g/mol. The van der Waals surface area contributed by atoms with Gasteiger partial charge in [-0.15, -0.1) is 0 Å². The third kappa shape index (κ3) is 6.47. The number of hydrogen-bond donors (Lipinski definition) is 1. The van der Waals surface area contributed by atoms with Gasteiger partial charge in [0, 0.05) is 5.75 Å². The number of Topliss-reactive ketones (excluding diaryl/α,β-unsaturated/α-hetero) is 1. The fraction of sp³-hybridized carbons (Fsp3) is 0.636. The first-order valence-corrected chi connectivity index (χ1v) is 9.66. The highest BCUT2D eigenvalue weighted by Gasteiger charge is 2.17. The van der Waals surface area contributed by atoms with Gasteiger partial charge in [-0.1, -0.05) is 23.1 Å². The molecule has 1 unspecified atom stereocenters.